The molecule has 4 nitrogen and oxygen atoms in total. The Bertz CT molecular complexity index is 963. The predicted molar refractivity (Wildman–Crippen MR) is 119 cm³/mol. The fourth-order valence-electron chi connectivity index (χ4n) is 5.19. The predicted octanol–water partition coefficient (Wildman–Crippen LogP) is 5.48. The molecule has 2 aliphatic carbocycles. The van der Waals surface area contributed by atoms with Crippen molar-refractivity contribution in [1.29, 1.82) is 0 Å². The molecule has 3 aromatic rings. The van der Waals surface area contributed by atoms with Crippen molar-refractivity contribution in [2.24, 2.45) is 22.7 Å². The third-order valence-electron chi connectivity index (χ3n) is 7.07. The van der Waals surface area contributed by atoms with Crippen LogP contribution >= 0.6 is 0 Å². The van der Waals surface area contributed by atoms with Crippen LogP contribution in [-0.4, -0.2) is 27.4 Å². The minimum Gasteiger partial charge on any atom is -0.518 e. The summed E-state index contributed by atoms with van der Waals surface area (Å²) in [5.41, 5.74) is 1.62. The van der Waals surface area contributed by atoms with E-state index in [0.717, 1.165) is 35.9 Å². The molecule has 1 radical (unpaired) electrons. The average Bonchev–Trinajstić information content (AvgIpc) is 3.25. The van der Waals surface area contributed by atoms with Gasteiger partial charge in [-0.05, 0) is 42.1 Å². The second kappa shape index (κ2) is 9.15. The first kappa shape index (κ1) is 24.1. The minimum absolute atomic E-state index is 0. The van der Waals surface area contributed by atoms with Gasteiger partial charge in [0.05, 0.1) is 18.0 Å². The van der Waals surface area contributed by atoms with E-state index in [-0.39, 0.29) is 49.1 Å². The summed E-state index contributed by atoms with van der Waals surface area (Å²) >= 11 is 0. The fraction of sp³-hybridized carbons (Fsp3) is 0.500. The molecule has 0 amide bonds. The number of nitrogens with zero attached hydrogens (tertiary/aromatic N) is 1. The zero-order valence-electron chi connectivity index (χ0n) is 18.6. The van der Waals surface area contributed by atoms with Crippen LogP contribution in [0.2, 0.25) is 0 Å². The molecular formula is C26H32IrNO3-. The summed E-state index contributed by atoms with van der Waals surface area (Å²) in [4.78, 5) is 4.22. The SMILES string of the molecule is CC1(C)CCC2CC(C)(C)C(O)C2C1O.[Ir].[c-]1c(-c2ccccn2)oc2ccccc12. The van der Waals surface area contributed by atoms with E-state index in [2.05, 4.69) is 38.7 Å². The third kappa shape index (κ3) is 4.80. The van der Waals surface area contributed by atoms with E-state index in [9.17, 15) is 10.2 Å². The maximum atomic E-state index is 10.3. The van der Waals surface area contributed by atoms with Gasteiger partial charge in [0.25, 0.3) is 0 Å². The Morgan fingerprint density at radius 3 is 2.32 bits per heavy atom. The van der Waals surface area contributed by atoms with Gasteiger partial charge in [-0.1, -0.05) is 58.0 Å². The van der Waals surface area contributed by atoms with E-state index < -0.39 is 0 Å². The molecule has 2 fully saturated rings. The second-order valence-corrected chi connectivity index (χ2v) is 10.2. The molecule has 2 aliphatic rings. The normalized spacial score (nSPS) is 28.2. The smallest absolute Gasteiger partial charge is 0.0646 e. The van der Waals surface area contributed by atoms with Crippen LogP contribution in [-0.2, 0) is 20.1 Å². The molecule has 4 unspecified atom stereocenters. The van der Waals surface area contributed by atoms with Crippen LogP contribution in [0.15, 0.2) is 53.1 Å². The van der Waals surface area contributed by atoms with Crippen LogP contribution in [0, 0.1) is 28.7 Å². The fourth-order valence-corrected chi connectivity index (χ4v) is 5.19. The molecule has 1 aromatic carbocycles. The Morgan fingerprint density at radius 1 is 0.968 bits per heavy atom. The topological polar surface area (TPSA) is 66.5 Å². The third-order valence-corrected chi connectivity index (χ3v) is 7.07. The molecule has 5 rings (SSSR count). The van der Waals surface area contributed by atoms with Crippen molar-refractivity contribution >= 4 is 11.0 Å². The van der Waals surface area contributed by atoms with Crippen LogP contribution < -0.4 is 0 Å². The number of hydrogen-bond donors (Lipinski definition) is 2. The quantitative estimate of drug-likeness (QED) is 0.364. The van der Waals surface area contributed by atoms with Gasteiger partial charge in [-0.2, -0.15) is 0 Å². The first-order valence-electron chi connectivity index (χ1n) is 10.9. The van der Waals surface area contributed by atoms with E-state index in [1.165, 1.54) is 0 Å². The summed E-state index contributed by atoms with van der Waals surface area (Å²) in [7, 11) is 0. The molecule has 169 valence electrons. The maximum Gasteiger partial charge on any atom is 0.0646 e. The number of hydrogen-bond acceptors (Lipinski definition) is 4. The van der Waals surface area contributed by atoms with Gasteiger partial charge in [-0.25, -0.2) is 0 Å². The van der Waals surface area contributed by atoms with Crippen LogP contribution in [0.1, 0.15) is 47.0 Å². The molecule has 0 bridgehead atoms. The standard InChI is InChI=1S/C13H8NO.C13H24O2.Ir/c1-2-7-12-10(5-1)9-13(15-12)11-6-3-4-8-14-11;1-12(2)6-5-8-7-13(3,4)11(15)9(8)10(12)14;/h1-8H;8-11,14-15H,5-7H2,1-4H3;/q-1;;. The number of benzene rings is 1. The van der Waals surface area contributed by atoms with Crippen molar-refractivity contribution in [2.45, 2.75) is 59.2 Å². The summed E-state index contributed by atoms with van der Waals surface area (Å²) < 4.78 is 5.64. The van der Waals surface area contributed by atoms with E-state index in [1.54, 1.807) is 6.20 Å². The number of aliphatic hydroxyl groups is 2. The largest absolute Gasteiger partial charge is 0.518 e. The summed E-state index contributed by atoms with van der Waals surface area (Å²) in [6.07, 6.45) is 4.38. The van der Waals surface area contributed by atoms with Crippen molar-refractivity contribution in [1.82, 2.24) is 4.98 Å². The van der Waals surface area contributed by atoms with Gasteiger partial charge in [0.2, 0.25) is 0 Å². The Labute approximate surface area is 198 Å². The van der Waals surface area contributed by atoms with Gasteiger partial charge in [-0.3, -0.25) is 0 Å². The Kier molecular flexibility index (Phi) is 7.12. The number of aliphatic hydroxyl groups excluding tert-OH is 2. The molecule has 2 saturated carbocycles. The maximum absolute atomic E-state index is 10.3. The Hall–Kier alpha value is -1.52. The molecule has 4 atom stereocenters. The van der Waals surface area contributed by atoms with Gasteiger partial charge in [0.1, 0.15) is 0 Å². The first-order chi connectivity index (χ1) is 14.2. The van der Waals surface area contributed by atoms with E-state index >= 15 is 0 Å². The van der Waals surface area contributed by atoms with Crippen molar-refractivity contribution < 1.29 is 34.7 Å². The Balaban J connectivity index is 0.000000170. The number of rotatable bonds is 1. The summed E-state index contributed by atoms with van der Waals surface area (Å²) in [6.45, 7) is 8.48. The summed E-state index contributed by atoms with van der Waals surface area (Å²) in [5.74, 6) is 1.32. The van der Waals surface area contributed by atoms with Gasteiger partial charge in [-0.15, -0.1) is 17.5 Å². The number of fused-ring (bicyclic) bond motifs is 2. The molecule has 5 heteroatoms. The minimum atomic E-state index is -0.340. The Morgan fingerprint density at radius 2 is 1.65 bits per heavy atom. The molecule has 2 heterocycles. The van der Waals surface area contributed by atoms with Crippen LogP contribution in [0.5, 0.6) is 0 Å². The molecule has 0 spiro atoms. The zero-order chi connectivity index (χ0) is 21.5. The van der Waals surface area contributed by atoms with Crippen molar-refractivity contribution in [3.8, 4) is 11.5 Å². The van der Waals surface area contributed by atoms with Crippen LogP contribution in [0.4, 0.5) is 0 Å². The molecule has 0 aliphatic heterocycles. The number of pyridine rings is 1. The summed E-state index contributed by atoms with van der Waals surface area (Å²) in [5, 5.41) is 21.6. The van der Waals surface area contributed by atoms with E-state index in [1.807, 2.05) is 42.5 Å². The number of furan rings is 1. The molecule has 2 N–H and O–H groups in total. The van der Waals surface area contributed by atoms with Crippen LogP contribution in [0.3, 0.4) is 0 Å². The van der Waals surface area contributed by atoms with E-state index in [4.69, 9.17) is 4.42 Å². The average molecular weight is 599 g/mol. The second-order valence-electron chi connectivity index (χ2n) is 10.2. The van der Waals surface area contributed by atoms with Crippen molar-refractivity contribution in [2.75, 3.05) is 0 Å². The van der Waals surface area contributed by atoms with Gasteiger partial charge in [0, 0.05) is 43.5 Å². The van der Waals surface area contributed by atoms with Crippen molar-refractivity contribution in [3.05, 3.63) is 54.7 Å². The zero-order valence-corrected chi connectivity index (χ0v) is 21.0. The molecule has 0 saturated heterocycles. The monoisotopic (exact) mass is 599 g/mol. The van der Waals surface area contributed by atoms with Crippen LogP contribution in [0.25, 0.3) is 22.4 Å². The molecule has 2 aromatic heterocycles. The first-order valence-corrected chi connectivity index (χ1v) is 10.9. The van der Waals surface area contributed by atoms with E-state index in [0.29, 0.717) is 11.7 Å². The van der Waals surface area contributed by atoms with Gasteiger partial charge < -0.3 is 19.6 Å². The number of aromatic nitrogens is 1. The van der Waals surface area contributed by atoms with Gasteiger partial charge in [0.15, 0.2) is 0 Å². The van der Waals surface area contributed by atoms with Gasteiger partial charge >= 0.3 is 0 Å². The molecular weight excluding hydrogens is 567 g/mol. The summed E-state index contributed by atoms with van der Waals surface area (Å²) in [6, 6.07) is 16.7. The molecule has 31 heavy (non-hydrogen) atoms. The van der Waals surface area contributed by atoms with Crippen molar-refractivity contribution in [3.63, 3.8) is 0 Å². The number of para-hydroxylation sites is 1.